The zero-order chi connectivity index (χ0) is 12.2. The topological polar surface area (TPSA) is 81.4 Å². The molecule has 1 aliphatic rings. The Hall–Kier alpha value is 0.120. The van der Waals surface area contributed by atoms with Crippen molar-refractivity contribution in [3.8, 4) is 0 Å². The van der Waals surface area contributed by atoms with Crippen LogP contribution in [0.15, 0.2) is 0 Å². The van der Waals surface area contributed by atoms with E-state index in [0.717, 1.165) is 25.7 Å². The van der Waals surface area contributed by atoms with Gasteiger partial charge in [0.15, 0.2) is 0 Å². The average Bonchev–Trinajstić information content (AvgIpc) is 2.15. The minimum atomic E-state index is -3.25. The molecule has 1 saturated carbocycles. The zero-order valence-electron chi connectivity index (χ0n) is 10.4. The molecule has 1 fully saturated rings. The highest BCUT2D eigenvalue weighted by atomic mass is 35.5. The summed E-state index contributed by atoms with van der Waals surface area (Å²) in [6.45, 7) is 1.74. The molecule has 3 unspecified atom stereocenters. The molecule has 0 spiro atoms. The van der Waals surface area contributed by atoms with Crippen LogP contribution in [0.4, 0.5) is 0 Å². The molecule has 1 aliphatic carbocycles. The maximum absolute atomic E-state index is 11.7. The number of hydrogen-bond donors (Lipinski definition) is 2. The molecule has 0 aliphatic heterocycles. The zero-order valence-corrected chi connectivity index (χ0v) is 12.0. The van der Waals surface area contributed by atoms with Crippen LogP contribution in [0.25, 0.3) is 0 Å². The van der Waals surface area contributed by atoms with Gasteiger partial charge in [-0.15, -0.1) is 12.4 Å². The Morgan fingerprint density at radius 3 is 2.65 bits per heavy atom. The molecule has 0 aromatic rings. The van der Waals surface area contributed by atoms with Gasteiger partial charge < -0.3 is 10.5 Å². The second-order valence-corrected chi connectivity index (χ2v) is 6.37. The van der Waals surface area contributed by atoms with Crippen molar-refractivity contribution in [1.29, 1.82) is 0 Å². The lowest BCUT2D eigenvalue weighted by molar-refractivity contribution is 0.136. The lowest BCUT2D eigenvalue weighted by Crippen LogP contribution is -2.44. The first kappa shape index (κ1) is 17.1. The Kier molecular flexibility index (Phi) is 7.58. The van der Waals surface area contributed by atoms with Crippen molar-refractivity contribution in [2.45, 2.75) is 50.8 Å². The van der Waals surface area contributed by atoms with E-state index in [0.29, 0.717) is 0 Å². The van der Waals surface area contributed by atoms with Crippen molar-refractivity contribution >= 4 is 22.4 Å². The van der Waals surface area contributed by atoms with Gasteiger partial charge in [-0.3, -0.25) is 0 Å². The van der Waals surface area contributed by atoms with Gasteiger partial charge in [0.05, 0.1) is 11.9 Å². The maximum atomic E-state index is 11.7. The normalized spacial score (nSPS) is 27.2. The fraction of sp³-hybridized carbons (Fsp3) is 1.00. The molecule has 17 heavy (non-hydrogen) atoms. The first-order valence-corrected chi connectivity index (χ1v) is 7.36. The number of rotatable bonds is 5. The number of halogens is 1. The summed E-state index contributed by atoms with van der Waals surface area (Å²) in [5, 5.41) is 0. The monoisotopic (exact) mass is 286 g/mol. The molecular formula is C10H23ClN2O3S. The van der Waals surface area contributed by atoms with Gasteiger partial charge in [-0.2, -0.15) is 0 Å². The van der Waals surface area contributed by atoms with Crippen molar-refractivity contribution in [3.05, 3.63) is 0 Å². The standard InChI is InChI=1S/C10H22N2O3S.ClH/c1-8(15-2)7-16(13,14)12-10-5-3-4-9(11)6-10;/h8-10,12H,3-7,11H2,1-2H3;1H. The number of ether oxygens (including phenoxy) is 1. The first-order valence-electron chi connectivity index (χ1n) is 5.71. The third-order valence-corrected chi connectivity index (χ3v) is 4.52. The number of hydrogen-bond acceptors (Lipinski definition) is 4. The van der Waals surface area contributed by atoms with Gasteiger partial charge in [-0.25, -0.2) is 13.1 Å². The minimum absolute atomic E-state index is 0. The lowest BCUT2D eigenvalue weighted by Gasteiger charge is -2.27. The average molecular weight is 287 g/mol. The van der Waals surface area contributed by atoms with Crippen LogP contribution >= 0.6 is 12.4 Å². The summed E-state index contributed by atoms with van der Waals surface area (Å²) in [4.78, 5) is 0. The van der Waals surface area contributed by atoms with E-state index in [1.807, 2.05) is 0 Å². The van der Waals surface area contributed by atoms with Crippen LogP contribution in [0.1, 0.15) is 32.6 Å². The number of nitrogens with one attached hydrogen (secondary N) is 1. The molecule has 0 saturated heterocycles. The predicted molar refractivity (Wildman–Crippen MR) is 70.9 cm³/mol. The summed E-state index contributed by atoms with van der Waals surface area (Å²) in [5.41, 5.74) is 5.81. The van der Waals surface area contributed by atoms with E-state index in [4.69, 9.17) is 10.5 Å². The van der Waals surface area contributed by atoms with Gasteiger partial charge >= 0.3 is 0 Å². The van der Waals surface area contributed by atoms with E-state index in [2.05, 4.69) is 4.72 Å². The summed E-state index contributed by atoms with van der Waals surface area (Å²) in [6, 6.07) is 0.124. The van der Waals surface area contributed by atoms with Crippen LogP contribution in [0.5, 0.6) is 0 Å². The summed E-state index contributed by atoms with van der Waals surface area (Å²) in [7, 11) is -1.74. The quantitative estimate of drug-likeness (QED) is 0.777. The van der Waals surface area contributed by atoms with Crippen molar-refractivity contribution in [2.24, 2.45) is 5.73 Å². The summed E-state index contributed by atoms with van der Waals surface area (Å²) < 4.78 is 31.1. The molecule has 3 N–H and O–H groups in total. The number of methoxy groups -OCH3 is 1. The number of sulfonamides is 1. The van der Waals surface area contributed by atoms with E-state index < -0.39 is 10.0 Å². The Bertz CT molecular complexity index is 311. The molecule has 0 aromatic carbocycles. The molecular weight excluding hydrogens is 264 g/mol. The van der Waals surface area contributed by atoms with Crippen LogP contribution in [0.3, 0.4) is 0 Å². The molecule has 0 aromatic heterocycles. The van der Waals surface area contributed by atoms with Gasteiger partial charge in [0, 0.05) is 19.2 Å². The molecule has 104 valence electrons. The summed E-state index contributed by atoms with van der Waals surface area (Å²) >= 11 is 0. The third-order valence-electron chi connectivity index (χ3n) is 2.92. The second-order valence-electron chi connectivity index (χ2n) is 4.57. The Labute approximate surface area is 110 Å². The van der Waals surface area contributed by atoms with Gasteiger partial charge in [-0.05, 0) is 26.2 Å². The van der Waals surface area contributed by atoms with Gasteiger partial charge in [0.1, 0.15) is 0 Å². The van der Waals surface area contributed by atoms with Crippen molar-refractivity contribution in [1.82, 2.24) is 4.72 Å². The molecule has 0 heterocycles. The van der Waals surface area contributed by atoms with E-state index in [1.165, 1.54) is 7.11 Å². The Morgan fingerprint density at radius 2 is 2.12 bits per heavy atom. The fourth-order valence-corrected chi connectivity index (χ4v) is 3.59. The van der Waals surface area contributed by atoms with E-state index in [1.54, 1.807) is 6.92 Å². The van der Waals surface area contributed by atoms with Gasteiger partial charge in [0.25, 0.3) is 0 Å². The minimum Gasteiger partial charge on any atom is -0.381 e. The SMILES string of the molecule is COC(C)CS(=O)(=O)NC1CCCC(N)C1.Cl. The highest BCUT2D eigenvalue weighted by molar-refractivity contribution is 7.89. The van der Waals surface area contributed by atoms with Crippen LogP contribution < -0.4 is 10.5 Å². The third kappa shape index (κ3) is 6.57. The van der Waals surface area contributed by atoms with Crippen molar-refractivity contribution < 1.29 is 13.2 Å². The second kappa shape index (κ2) is 7.53. The van der Waals surface area contributed by atoms with Crippen LogP contribution in [0, 0.1) is 0 Å². The van der Waals surface area contributed by atoms with Crippen LogP contribution in [0.2, 0.25) is 0 Å². The van der Waals surface area contributed by atoms with Gasteiger partial charge in [-0.1, -0.05) is 6.42 Å². The summed E-state index contributed by atoms with van der Waals surface area (Å²) in [5.74, 6) is 0.00916. The maximum Gasteiger partial charge on any atom is 0.214 e. The van der Waals surface area contributed by atoms with Crippen molar-refractivity contribution in [2.75, 3.05) is 12.9 Å². The molecule has 0 bridgehead atoms. The largest absolute Gasteiger partial charge is 0.381 e. The smallest absolute Gasteiger partial charge is 0.214 e. The highest BCUT2D eigenvalue weighted by Crippen LogP contribution is 2.17. The van der Waals surface area contributed by atoms with Crippen molar-refractivity contribution in [3.63, 3.8) is 0 Å². The van der Waals surface area contributed by atoms with Gasteiger partial charge in [0.2, 0.25) is 10.0 Å². The Morgan fingerprint density at radius 1 is 1.47 bits per heavy atom. The molecule has 5 nitrogen and oxygen atoms in total. The lowest BCUT2D eigenvalue weighted by atomic mass is 9.92. The number of nitrogens with two attached hydrogens (primary N) is 1. The van der Waals surface area contributed by atoms with E-state index in [9.17, 15) is 8.42 Å². The Balaban J connectivity index is 0.00000256. The molecule has 3 atom stereocenters. The fourth-order valence-electron chi connectivity index (χ4n) is 2.01. The van der Waals surface area contributed by atoms with E-state index in [-0.39, 0.29) is 36.3 Å². The van der Waals surface area contributed by atoms with Crippen LogP contribution in [-0.2, 0) is 14.8 Å². The molecule has 7 heteroatoms. The first-order chi connectivity index (χ1) is 7.43. The highest BCUT2D eigenvalue weighted by Gasteiger charge is 2.24. The molecule has 0 radical (unpaired) electrons. The van der Waals surface area contributed by atoms with E-state index >= 15 is 0 Å². The molecule has 1 rings (SSSR count). The summed E-state index contributed by atoms with van der Waals surface area (Å²) in [6.07, 6.45) is 3.32. The predicted octanol–water partition coefficient (Wildman–Crippen LogP) is 0.632. The van der Waals surface area contributed by atoms with Crippen LogP contribution in [-0.4, -0.2) is 39.5 Å². The molecule has 0 amide bonds.